The zero-order chi connectivity index (χ0) is 20.3. The predicted molar refractivity (Wildman–Crippen MR) is 104 cm³/mol. The second kappa shape index (κ2) is 8.82. The van der Waals surface area contributed by atoms with Gasteiger partial charge in [-0.1, -0.05) is 13.0 Å². The number of carbonyl (C=O) groups is 1. The second-order valence-electron chi connectivity index (χ2n) is 7.62. The molecule has 2 aromatic rings. The summed E-state index contributed by atoms with van der Waals surface area (Å²) in [6, 6.07) is 4.41. The Bertz CT molecular complexity index is 828. The summed E-state index contributed by atoms with van der Waals surface area (Å²) in [5, 5.41) is 7.48. The number of likely N-dealkylation sites (tertiary alicyclic amines) is 1. The van der Waals surface area contributed by atoms with E-state index in [1.165, 1.54) is 12.1 Å². The minimum absolute atomic E-state index is 0.0777. The highest BCUT2D eigenvalue weighted by Crippen LogP contribution is 2.18. The van der Waals surface area contributed by atoms with Crippen LogP contribution in [0, 0.1) is 18.6 Å². The molecule has 1 N–H and O–H groups in total. The summed E-state index contributed by atoms with van der Waals surface area (Å²) in [5.41, 5.74) is 2.28. The van der Waals surface area contributed by atoms with Crippen LogP contribution in [0.15, 0.2) is 24.4 Å². The van der Waals surface area contributed by atoms with Crippen molar-refractivity contribution in [2.75, 3.05) is 13.1 Å². The number of amides is 1. The van der Waals surface area contributed by atoms with Gasteiger partial charge in [-0.15, -0.1) is 0 Å². The lowest BCUT2D eigenvalue weighted by molar-refractivity contribution is 0.0908. The Kier molecular flexibility index (Phi) is 6.44. The second-order valence-corrected chi connectivity index (χ2v) is 7.62. The fourth-order valence-electron chi connectivity index (χ4n) is 3.66. The molecule has 1 aliphatic heterocycles. The van der Waals surface area contributed by atoms with Crippen LogP contribution >= 0.6 is 0 Å². The minimum Gasteiger partial charge on any atom is -0.349 e. The van der Waals surface area contributed by atoms with Crippen LogP contribution in [0.2, 0.25) is 0 Å². The van der Waals surface area contributed by atoms with Crippen molar-refractivity contribution in [2.24, 2.45) is 0 Å². The molecule has 1 aromatic heterocycles. The molecular weight excluding hydrogens is 362 g/mol. The summed E-state index contributed by atoms with van der Waals surface area (Å²) >= 11 is 0. The van der Waals surface area contributed by atoms with Crippen LogP contribution in [0.3, 0.4) is 0 Å². The Morgan fingerprint density at radius 2 is 2.00 bits per heavy atom. The van der Waals surface area contributed by atoms with Crippen LogP contribution in [-0.4, -0.2) is 39.7 Å². The number of nitrogens with zero attached hydrogens (tertiary/aromatic N) is 3. The first-order chi connectivity index (χ1) is 13.4. The maximum atomic E-state index is 13.4. The van der Waals surface area contributed by atoms with Crippen molar-refractivity contribution in [3.63, 3.8) is 0 Å². The van der Waals surface area contributed by atoms with Crippen molar-refractivity contribution in [3.8, 4) is 0 Å². The van der Waals surface area contributed by atoms with Crippen molar-refractivity contribution in [1.29, 1.82) is 0 Å². The fraction of sp³-hybridized carbons (Fsp3) is 0.524. The van der Waals surface area contributed by atoms with Gasteiger partial charge in [0.25, 0.3) is 5.91 Å². The summed E-state index contributed by atoms with van der Waals surface area (Å²) in [6.07, 6.45) is 4.26. The van der Waals surface area contributed by atoms with Gasteiger partial charge < -0.3 is 5.32 Å². The lowest BCUT2D eigenvalue weighted by atomic mass is 10.0. The van der Waals surface area contributed by atoms with Gasteiger partial charge in [-0.05, 0) is 50.8 Å². The monoisotopic (exact) mass is 390 g/mol. The molecule has 1 unspecified atom stereocenters. The van der Waals surface area contributed by atoms with E-state index in [0.29, 0.717) is 12.1 Å². The molecule has 0 bridgehead atoms. The number of carbonyl (C=O) groups excluding carboxylic acids is 1. The molecule has 152 valence electrons. The maximum absolute atomic E-state index is 13.4. The van der Waals surface area contributed by atoms with Crippen molar-refractivity contribution in [3.05, 3.63) is 52.9 Å². The zero-order valence-corrected chi connectivity index (χ0v) is 16.7. The van der Waals surface area contributed by atoms with Crippen LogP contribution in [0.25, 0.3) is 0 Å². The fourth-order valence-corrected chi connectivity index (χ4v) is 3.66. The third-order valence-electron chi connectivity index (χ3n) is 5.61. The van der Waals surface area contributed by atoms with E-state index in [9.17, 15) is 13.6 Å². The number of rotatable bonds is 6. The van der Waals surface area contributed by atoms with Crippen molar-refractivity contribution < 1.29 is 13.6 Å². The minimum atomic E-state index is -0.822. The van der Waals surface area contributed by atoms with Crippen LogP contribution in [0.1, 0.15) is 60.8 Å². The Morgan fingerprint density at radius 1 is 1.29 bits per heavy atom. The molecule has 0 spiro atoms. The first-order valence-electron chi connectivity index (χ1n) is 9.90. The predicted octanol–water partition coefficient (Wildman–Crippen LogP) is 3.84. The van der Waals surface area contributed by atoms with Crippen LogP contribution in [0.5, 0.6) is 0 Å². The average molecular weight is 390 g/mol. The molecule has 1 aliphatic rings. The summed E-state index contributed by atoms with van der Waals surface area (Å²) < 4.78 is 28.3. The van der Waals surface area contributed by atoms with E-state index in [-0.39, 0.29) is 18.0 Å². The van der Waals surface area contributed by atoms with Gasteiger partial charge in [-0.25, -0.2) is 8.78 Å². The number of hydrogen-bond donors (Lipinski definition) is 1. The first-order valence-corrected chi connectivity index (χ1v) is 9.90. The van der Waals surface area contributed by atoms with Gasteiger partial charge in [0.15, 0.2) is 11.6 Å². The van der Waals surface area contributed by atoms with Crippen LogP contribution < -0.4 is 5.32 Å². The number of benzene rings is 1. The number of hydrogen-bond acceptors (Lipinski definition) is 3. The lowest BCUT2D eigenvalue weighted by Gasteiger charge is -2.32. The topological polar surface area (TPSA) is 50.2 Å². The molecule has 1 fully saturated rings. The van der Waals surface area contributed by atoms with Gasteiger partial charge in [-0.2, -0.15) is 5.10 Å². The number of aromatic nitrogens is 2. The normalized spacial score (nSPS) is 16.9. The third-order valence-corrected chi connectivity index (χ3v) is 5.61. The molecule has 28 heavy (non-hydrogen) atoms. The molecule has 1 aromatic carbocycles. The van der Waals surface area contributed by atoms with Gasteiger partial charge in [0.2, 0.25) is 0 Å². The standard InChI is InChI=1S/C21H28F2N4O/c1-4-14(2)27-15(3)18(12-24-27)21(28)25-17-7-9-26(10-8-17)13-16-5-6-19(22)20(23)11-16/h5-6,11-12,14,17H,4,7-10,13H2,1-3H3,(H,25,28). The highest BCUT2D eigenvalue weighted by atomic mass is 19.2. The van der Waals surface area contributed by atoms with Gasteiger partial charge in [0.05, 0.1) is 11.8 Å². The molecular formula is C21H28F2N4O. The highest BCUT2D eigenvalue weighted by Gasteiger charge is 2.23. The Morgan fingerprint density at radius 3 is 2.64 bits per heavy atom. The van der Waals surface area contributed by atoms with Crippen LogP contribution in [0.4, 0.5) is 8.78 Å². The van der Waals surface area contributed by atoms with Crippen LogP contribution in [-0.2, 0) is 6.54 Å². The largest absolute Gasteiger partial charge is 0.349 e. The summed E-state index contributed by atoms with van der Waals surface area (Å²) in [7, 11) is 0. The number of piperidine rings is 1. The maximum Gasteiger partial charge on any atom is 0.254 e. The van der Waals surface area contributed by atoms with Gasteiger partial charge in [-0.3, -0.25) is 14.4 Å². The van der Waals surface area contributed by atoms with E-state index < -0.39 is 11.6 Å². The van der Waals surface area contributed by atoms with E-state index in [1.807, 2.05) is 11.6 Å². The smallest absolute Gasteiger partial charge is 0.254 e. The number of nitrogens with one attached hydrogen (secondary N) is 1. The van der Waals surface area contributed by atoms with Gasteiger partial charge in [0.1, 0.15) is 0 Å². The van der Waals surface area contributed by atoms with E-state index in [4.69, 9.17) is 0 Å². The quantitative estimate of drug-likeness (QED) is 0.815. The molecule has 3 rings (SSSR count). The molecule has 0 saturated carbocycles. The number of halogens is 2. The molecule has 0 aliphatic carbocycles. The van der Waals surface area contributed by atoms with E-state index in [0.717, 1.165) is 43.6 Å². The SMILES string of the molecule is CCC(C)n1ncc(C(=O)NC2CCN(Cc3ccc(F)c(F)c3)CC2)c1C. The van der Waals surface area contributed by atoms with E-state index in [2.05, 4.69) is 29.2 Å². The molecule has 7 heteroatoms. The Labute approximate surface area is 164 Å². The zero-order valence-electron chi connectivity index (χ0n) is 16.7. The highest BCUT2D eigenvalue weighted by molar-refractivity contribution is 5.95. The first kappa shape index (κ1) is 20.5. The molecule has 0 radical (unpaired) electrons. The van der Waals surface area contributed by atoms with Crippen molar-refractivity contribution >= 4 is 5.91 Å². The molecule has 5 nitrogen and oxygen atoms in total. The lowest BCUT2D eigenvalue weighted by Crippen LogP contribution is -2.44. The molecule has 1 amide bonds. The summed E-state index contributed by atoms with van der Waals surface area (Å²) in [4.78, 5) is 14.8. The Hall–Kier alpha value is -2.28. The summed E-state index contributed by atoms with van der Waals surface area (Å²) in [5.74, 6) is -1.71. The van der Waals surface area contributed by atoms with E-state index >= 15 is 0 Å². The van der Waals surface area contributed by atoms with E-state index in [1.54, 1.807) is 12.3 Å². The molecule has 1 atom stereocenters. The van der Waals surface area contributed by atoms with Gasteiger partial charge in [0, 0.05) is 37.4 Å². The van der Waals surface area contributed by atoms with Crippen molar-refractivity contribution in [1.82, 2.24) is 20.0 Å². The summed E-state index contributed by atoms with van der Waals surface area (Å²) in [6.45, 7) is 8.30. The average Bonchev–Trinajstić information content (AvgIpc) is 3.07. The molecule has 1 saturated heterocycles. The van der Waals surface area contributed by atoms with Gasteiger partial charge >= 0.3 is 0 Å². The Balaban J connectivity index is 1.52. The molecule has 2 heterocycles. The van der Waals surface area contributed by atoms with Crippen molar-refractivity contribution in [2.45, 2.75) is 58.7 Å². The third kappa shape index (κ3) is 4.58.